The molecule has 0 aliphatic carbocycles. The largest absolute Gasteiger partial charge is 0.399 e. The van der Waals surface area contributed by atoms with Crippen LogP contribution in [0.15, 0.2) is 24.5 Å². The molecule has 0 radical (unpaired) electrons. The van der Waals surface area contributed by atoms with Crippen molar-refractivity contribution in [2.75, 3.05) is 37.4 Å². The Balaban J connectivity index is 2.38. The number of benzene rings is 1. The molecule has 0 aliphatic rings. The number of nitrogen functional groups attached to an aromatic ring is 1. The minimum atomic E-state index is 0.435. The molecule has 104 valence electrons. The van der Waals surface area contributed by atoms with Crippen LogP contribution in [0, 0.1) is 11.3 Å². The van der Waals surface area contributed by atoms with E-state index in [9.17, 15) is 0 Å². The van der Waals surface area contributed by atoms with Crippen LogP contribution in [-0.2, 0) is 4.74 Å². The van der Waals surface area contributed by atoms with Crippen molar-refractivity contribution in [1.29, 1.82) is 5.26 Å². The Hall–Kier alpha value is -2.39. The summed E-state index contributed by atoms with van der Waals surface area (Å²) in [5.74, 6) is 0.808. The maximum Gasteiger partial charge on any atom is 0.139 e. The highest BCUT2D eigenvalue weighted by atomic mass is 16.5. The average molecular weight is 271 g/mol. The molecule has 0 fully saturated rings. The molecular formula is C14H17N5O. The van der Waals surface area contributed by atoms with Gasteiger partial charge in [0.1, 0.15) is 12.1 Å². The maximum absolute atomic E-state index is 8.78. The van der Waals surface area contributed by atoms with Gasteiger partial charge in [0, 0.05) is 31.3 Å². The zero-order valence-electron chi connectivity index (χ0n) is 11.4. The van der Waals surface area contributed by atoms with Gasteiger partial charge in [0.05, 0.1) is 24.6 Å². The first kappa shape index (κ1) is 14.0. The van der Waals surface area contributed by atoms with Crippen molar-refractivity contribution in [2.45, 2.75) is 6.42 Å². The van der Waals surface area contributed by atoms with Crippen molar-refractivity contribution in [3.63, 3.8) is 0 Å². The molecule has 0 amide bonds. The van der Waals surface area contributed by atoms with Gasteiger partial charge in [-0.2, -0.15) is 5.26 Å². The molecule has 0 aliphatic heterocycles. The van der Waals surface area contributed by atoms with Crippen LogP contribution in [0.5, 0.6) is 0 Å². The lowest BCUT2D eigenvalue weighted by atomic mass is 10.2. The number of ether oxygens (including phenoxy) is 1. The fourth-order valence-electron chi connectivity index (χ4n) is 2.02. The van der Waals surface area contributed by atoms with Crippen LogP contribution in [-0.4, -0.2) is 36.8 Å². The summed E-state index contributed by atoms with van der Waals surface area (Å²) in [6.07, 6.45) is 1.95. The van der Waals surface area contributed by atoms with Gasteiger partial charge < -0.3 is 15.4 Å². The normalized spacial score (nSPS) is 10.4. The van der Waals surface area contributed by atoms with Crippen LogP contribution in [0.25, 0.3) is 10.9 Å². The molecule has 2 aromatic rings. The number of nitrogens with zero attached hydrogens (tertiary/aromatic N) is 4. The molecule has 2 rings (SSSR count). The van der Waals surface area contributed by atoms with Gasteiger partial charge in [0.25, 0.3) is 0 Å². The third-order valence-corrected chi connectivity index (χ3v) is 3.00. The Morgan fingerprint density at radius 2 is 2.20 bits per heavy atom. The Kier molecular flexibility index (Phi) is 4.69. The van der Waals surface area contributed by atoms with E-state index in [1.807, 2.05) is 23.1 Å². The van der Waals surface area contributed by atoms with Crippen molar-refractivity contribution >= 4 is 22.4 Å². The summed E-state index contributed by atoms with van der Waals surface area (Å²) in [7, 11) is 1.65. The molecule has 0 bridgehead atoms. The summed E-state index contributed by atoms with van der Waals surface area (Å²) in [5.41, 5.74) is 7.24. The van der Waals surface area contributed by atoms with Crippen molar-refractivity contribution in [1.82, 2.24) is 9.97 Å². The molecule has 6 heteroatoms. The quantitative estimate of drug-likeness (QED) is 0.802. The van der Waals surface area contributed by atoms with Crippen LogP contribution < -0.4 is 10.6 Å². The molecule has 6 nitrogen and oxygen atoms in total. The number of fused-ring (bicyclic) bond motifs is 1. The summed E-state index contributed by atoms with van der Waals surface area (Å²) in [5, 5.41) is 9.71. The molecule has 1 heterocycles. The fraction of sp³-hybridized carbons (Fsp3) is 0.357. The van der Waals surface area contributed by atoms with Gasteiger partial charge in [-0.05, 0) is 18.2 Å². The van der Waals surface area contributed by atoms with E-state index in [1.165, 1.54) is 6.33 Å². The Morgan fingerprint density at radius 1 is 1.35 bits per heavy atom. The zero-order chi connectivity index (χ0) is 14.4. The Labute approximate surface area is 117 Å². The van der Waals surface area contributed by atoms with E-state index in [0.717, 1.165) is 16.7 Å². The number of nitriles is 1. The lowest BCUT2D eigenvalue weighted by Gasteiger charge is -2.23. The van der Waals surface area contributed by atoms with E-state index in [-0.39, 0.29) is 0 Å². The molecule has 20 heavy (non-hydrogen) atoms. The van der Waals surface area contributed by atoms with Crippen molar-refractivity contribution < 1.29 is 4.74 Å². The predicted octanol–water partition coefficient (Wildman–Crippen LogP) is 1.58. The highest BCUT2D eigenvalue weighted by Gasteiger charge is 2.12. The zero-order valence-corrected chi connectivity index (χ0v) is 11.4. The van der Waals surface area contributed by atoms with Gasteiger partial charge in [-0.15, -0.1) is 0 Å². The van der Waals surface area contributed by atoms with E-state index in [2.05, 4.69) is 16.0 Å². The molecule has 1 aromatic carbocycles. The number of hydrogen-bond donors (Lipinski definition) is 1. The SMILES string of the molecule is COCCN(CCC#N)c1ncnc2cc(N)ccc12. The lowest BCUT2D eigenvalue weighted by Crippen LogP contribution is -2.29. The summed E-state index contributed by atoms with van der Waals surface area (Å²) < 4.78 is 5.12. The fourth-order valence-corrected chi connectivity index (χ4v) is 2.02. The molecule has 0 saturated carbocycles. The van der Waals surface area contributed by atoms with Gasteiger partial charge in [-0.1, -0.05) is 0 Å². The van der Waals surface area contributed by atoms with Gasteiger partial charge in [0.15, 0.2) is 0 Å². The number of anilines is 2. The first-order valence-corrected chi connectivity index (χ1v) is 6.37. The highest BCUT2D eigenvalue weighted by Crippen LogP contribution is 2.24. The molecule has 0 atom stereocenters. The molecule has 0 saturated heterocycles. The second kappa shape index (κ2) is 6.68. The molecule has 2 N–H and O–H groups in total. The summed E-state index contributed by atoms with van der Waals surface area (Å²) in [4.78, 5) is 10.6. The third-order valence-electron chi connectivity index (χ3n) is 3.00. The smallest absolute Gasteiger partial charge is 0.139 e. The van der Waals surface area contributed by atoms with Gasteiger partial charge in [-0.3, -0.25) is 0 Å². The minimum absolute atomic E-state index is 0.435. The number of hydrogen-bond acceptors (Lipinski definition) is 6. The van der Waals surface area contributed by atoms with Crippen molar-refractivity contribution in [2.24, 2.45) is 0 Å². The minimum Gasteiger partial charge on any atom is -0.399 e. The predicted molar refractivity (Wildman–Crippen MR) is 78.3 cm³/mol. The lowest BCUT2D eigenvalue weighted by molar-refractivity contribution is 0.205. The van der Waals surface area contributed by atoms with Crippen LogP contribution in [0.1, 0.15) is 6.42 Å². The maximum atomic E-state index is 8.78. The van der Waals surface area contributed by atoms with E-state index >= 15 is 0 Å². The molecule has 0 spiro atoms. The second-order valence-corrected chi connectivity index (χ2v) is 4.36. The van der Waals surface area contributed by atoms with Gasteiger partial charge >= 0.3 is 0 Å². The van der Waals surface area contributed by atoms with E-state index in [0.29, 0.717) is 31.8 Å². The number of aromatic nitrogens is 2. The van der Waals surface area contributed by atoms with E-state index in [1.54, 1.807) is 7.11 Å². The molecular weight excluding hydrogens is 254 g/mol. The van der Waals surface area contributed by atoms with Crippen LogP contribution >= 0.6 is 0 Å². The molecule has 1 aromatic heterocycles. The number of nitrogens with two attached hydrogens (primary N) is 1. The summed E-state index contributed by atoms with van der Waals surface area (Å²) in [6.45, 7) is 1.86. The molecule has 0 unspecified atom stereocenters. The standard InChI is InChI=1S/C14H17N5O/c1-20-8-7-19(6-2-5-15)14-12-4-3-11(16)9-13(12)17-10-18-14/h3-4,9-10H,2,6-8,16H2,1H3. The van der Waals surface area contributed by atoms with Crippen LogP contribution in [0.2, 0.25) is 0 Å². The Morgan fingerprint density at radius 3 is 2.95 bits per heavy atom. The van der Waals surface area contributed by atoms with Crippen LogP contribution in [0.4, 0.5) is 11.5 Å². The highest BCUT2D eigenvalue weighted by molar-refractivity contribution is 5.91. The summed E-state index contributed by atoms with van der Waals surface area (Å²) in [6, 6.07) is 7.71. The first-order valence-electron chi connectivity index (χ1n) is 6.37. The summed E-state index contributed by atoms with van der Waals surface area (Å²) >= 11 is 0. The van der Waals surface area contributed by atoms with Crippen molar-refractivity contribution in [3.8, 4) is 6.07 Å². The number of rotatable bonds is 6. The van der Waals surface area contributed by atoms with Crippen molar-refractivity contribution in [3.05, 3.63) is 24.5 Å². The average Bonchev–Trinajstić information content (AvgIpc) is 2.47. The first-order chi connectivity index (χ1) is 9.76. The monoisotopic (exact) mass is 271 g/mol. The topological polar surface area (TPSA) is 88.1 Å². The Bertz CT molecular complexity index is 622. The van der Waals surface area contributed by atoms with Gasteiger partial charge in [0.2, 0.25) is 0 Å². The number of methoxy groups -OCH3 is 1. The second-order valence-electron chi connectivity index (χ2n) is 4.36. The van der Waals surface area contributed by atoms with Gasteiger partial charge in [-0.25, -0.2) is 9.97 Å². The van der Waals surface area contributed by atoms with E-state index in [4.69, 9.17) is 15.7 Å². The van der Waals surface area contributed by atoms with E-state index < -0.39 is 0 Å². The third kappa shape index (κ3) is 3.13. The van der Waals surface area contributed by atoms with Crippen LogP contribution in [0.3, 0.4) is 0 Å².